The molecule has 3 aromatic rings. The standard InChI is InChI=1S/C17H15ClN4O5S/c1-3-26-16(23)9-21-12-5-4-11(18)8-14(12)28-17(21)20-19-10(2)13-6-7-15(27-13)22(24)25/h4-8H,3,9H2,1-2H3/b19-10-,20-17-. The van der Waals surface area contributed by atoms with Gasteiger partial charge in [-0.15, -0.1) is 10.2 Å². The molecule has 11 heteroatoms. The largest absolute Gasteiger partial charge is 0.465 e. The first-order valence-electron chi connectivity index (χ1n) is 8.16. The monoisotopic (exact) mass is 422 g/mol. The zero-order valence-corrected chi connectivity index (χ0v) is 16.5. The van der Waals surface area contributed by atoms with Gasteiger partial charge in [-0.3, -0.25) is 14.9 Å². The Kier molecular flexibility index (Phi) is 5.90. The number of carbonyl (C=O) groups is 1. The average molecular weight is 423 g/mol. The van der Waals surface area contributed by atoms with Gasteiger partial charge in [-0.05, 0) is 38.1 Å². The lowest BCUT2D eigenvalue weighted by Crippen LogP contribution is -2.21. The number of ether oxygens (including phenoxy) is 1. The van der Waals surface area contributed by atoms with E-state index >= 15 is 0 Å². The molecule has 0 fully saturated rings. The van der Waals surface area contributed by atoms with E-state index in [1.54, 1.807) is 36.6 Å². The van der Waals surface area contributed by atoms with E-state index in [1.165, 1.54) is 23.5 Å². The minimum absolute atomic E-state index is 0.0326. The van der Waals surface area contributed by atoms with Crippen LogP contribution in [-0.2, 0) is 16.1 Å². The number of hydrogen-bond acceptors (Lipinski definition) is 8. The molecule has 2 heterocycles. The smallest absolute Gasteiger partial charge is 0.433 e. The molecule has 0 aliphatic carbocycles. The molecule has 0 N–H and O–H groups in total. The SMILES string of the molecule is CCOC(=O)Cn1/c(=N/N=C(/C)c2ccc([N+](=O)[O-])o2)sc2cc(Cl)ccc21. The zero-order valence-electron chi connectivity index (χ0n) is 14.9. The Bertz CT molecular complexity index is 1140. The summed E-state index contributed by atoms with van der Waals surface area (Å²) in [5.41, 5.74) is 1.12. The summed E-state index contributed by atoms with van der Waals surface area (Å²) in [6.07, 6.45) is 0. The molecule has 0 spiro atoms. The number of carbonyl (C=O) groups excluding carboxylic acids is 1. The maximum atomic E-state index is 12.0. The third kappa shape index (κ3) is 4.29. The van der Waals surface area contributed by atoms with Gasteiger partial charge in [-0.2, -0.15) is 0 Å². The molecule has 3 rings (SSSR count). The number of benzene rings is 1. The van der Waals surface area contributed by atoms with Crippen molar-refractivity contribution >= 4 is 50.7 Å². The van der Waals surface area contributed by atoms with Crippen LogP contribution in [-0.4, -0.2) is 27.8 Å². The highest BCUT2D eigenvalue weighted by Gasteiger charge is 2.14. The van der Waals surface area contributed by atoms with E-state index in [0.29, 0.717) is 15.5 Å². The van der Waals surface area contributed by atoms with Crippen LogP contribution in [0.25, 0.3) is 10.2 Å². The van der Waals surface area contributed by atoms with Crippen LogP contribution in [0.15, 0.2) is 45.0 Å². The van der Waals surface area contributed by atoms with Crippen LogP contribution < -0.4 is 4.80 Å². The number of fused-ring (bicyclic) bond motifs is 1. The quantitative estimate of drug-likeness (QED) is 0.260. The summed E-state index contributed by atoms with van der Waals surface area (Å²) in [5.74, 6) is -0.545. The molecule has 146 valence electrons. The summed E-state index contributed by atoms with van der Waals surface area (Å²) in [6.45, 7) is 3.59. The summed E-state index contributed by atoms with van der Waals surface area (Å²) in [4.78, 5) is 22.5. The Morgan fingerprint density at radius 1 is 1.39 bits per heavy atom. The summed E-state index contributed by atoms with van der Waals surface area (Å²) < 4.78 is 12.6. The second-order valence-corrected chi connectivity index (χ2v) is 7.01. The number of halogens is 1. The second-order valence-electron chi connectivity index (χ2n) is 5.57. The van der Waals surface area contributed by atoms with Gasteiger partial charge in [0.2, 0.25) is 4.80 Å². The van der Waals surface area contributed by atoms with E-state index in [-0.39, 0.29) is 24.8 Å². The average Bonchev–Trinajstić information content (AvgIpc) is 3.25. The Morgan fingerprint density at radius 3 is 2.86 bits per heavy atom. The van der Waals surface area contributed by atoms with Gasteiger partial charge in [0, 0.05) is 5.02 Å². The molecular formula is C17H15ClN4O5S. The number of nitro groups is 1. The molecule has 28 heavy (non-hydrogen) atoms. The maximum Gasteiger partial charge on any atom is 0.433 e. The van der Waals surface area contributed by atoms with Gasteiger partial charge in [0.25, 0.3) is 0 Å². The van der Waals surface area contributed by atoms with Gasteiger partial charge in [-0.25, -0.2) is 0 Å². The van der Waals surface area contributed by atoms with E-state index in [2.05, 4.69) is 10.2 Å². The molecule has 0 saturated heterocycles. The lowest BCUT2D eigenvalue weighted by Gasteiger charge is -2.04. The van der Waals surface area contributed by atoms with Crippen molar-refractivity contribution < 1.29 is 18.9 Å². The van der Waals surface area contributed by atoms with Gasteiger partial charge >= 0.3 is 11.9 Å². The fourth-order valence-electron chi connectivity index (χ4n) is 2.40. The van der Waals surface area contributed by atoms with Gasteiger partial charge < -0.3 is 13.7 Å². The number of aromatic nitrogens is 1. The number of hydrogen-bond donors (Lipinski definition) is 0. The van der Waals surface area contributed by atoms with Crippen LogP contribution in [0, 0.1) is 10.1 Å². The molecule has 0 saturated carbocycles. The van der Waals surface area contributed by atoms with Gasteiger partial charge in [-0.1, -0.05) is 22.9 Å². The van der Waals surface area contributed by atoms with Crippen LogP contribution in [0.2, 0.25) is 5.02 Å². The Labute approximate surface area is 167 Å². The fraction of sp³-hybridized carbons (Fsp3) is 0.235. The molecule has 9 nitrogen and oxygen atoms in total. The molecule has 0 unspecified atom stereocenters. The zero-order chi connectivity index (χ0) is 20.3. The van der Waals surface area contributed by atoms with Crippen LogP contribution in [0.5, 0.6) is 0 Å². The van der Waals surface area contributed by atoms with Crippen molar-refractivity contribution in [3.63, 3.8) is 0 Å². The number of nitrogens with zero attached hydrogens (tertiary/aromatic N) is 4. The normalized spacial score (nSPS) is 12.5. The van der Waals surface area contributed by atoms with Crippen LogP contribution >= 0.6 is 22.9 Å². The van der Waals surface area contributed by atoms with E-state index in [9.17, 15) is 14.9 Å². The predicted octanol–water partition coefficient (Wildman–Crippen LogP) is 3.75. The van der Waals surface area contributed by atoms with Crippen LogP contribution in [0.3, 0.4) is 0 Å². The molecule has 0 amide bonds. The third-order valence-electron chi connectivity index (χ3n) is 3.65. The second kappa shape index (κ2) is 8.36. The lowest BCUT2D eigenvalue weighted by molar-refractivity contribution is -0.402. The molecule has 1 aromatic carbocycles. The van der Waals surface area contributed by atoms with Crippen LogP contribution in [0.1, 0.15) is 19.6 Å². The van der Waals surface area contributed by atoms with E-state index in [4.69, 9.17) is 20.8 Å². The van der Waals surface area contributed by atoms with Crippen LogP contribution in [0.4, 0.5) is 5.88 Å². The highest BCUT2D eigenvalue weighted by Crippen LogP contribution is 2.22. The number of thiazole rings is 1. The Hall–Kier alpha value is -2.98. The van der Waals surface area contributed by atoms with Crippen molar-refractivity contribution in [3.8, 4) is 0 Å². The molecule has 0 aliphatic rings. The lowest BCUT2D eigenvalue weighted by atomic mass is 10.3. The van der Waals surface area contributed by atoms with Gasteiger partial charge in [0.05, 0.1) is 22.9 Å². The van der Waals surface area contributed by atoms with Gasteiger partial charge in [0.15, 0.2) is 5.76 Å². The van der Waals surface area contributed by atoms with E-state index in [1.807, 2.05) is 0 Å². The molecular weight excluding hydrogens is 408 g/mol. The van der Waals surface area contributed by atoms with Crippen molar-refractivity contribution in [1.82, 2.24) is 4.57 Å². The predicted molar refractivity (Wildman–Crippen MR) is 105 cm³/mol. The first-order chi connectivity index (χ1) is 13.4. The topological polar surface area (TPSA) is 112 Å². The first kappa shape index (κ1) is 19.8. The van der Waals surface area contributed by atoms with Crippen molar-refractivity contribution in [1.29, 1.82) is 0 Å². The van der Waals surface area contributed by atoms with Crippen molar-refractivity contribution in [2.24, 2.45) is 10.2 Å². The highest BCUT2D eigenvalue weighted by molar-refractivity contribution is 7.16. The molecule has 0 radical (unpaired) electrons. The summed E-state index contributed by atoms with van der Waals surface area (Å²) in [7, 11) is 0. The Morgan fingerprint density at radius 2 is 2.18 bits per heavy atom. The van der Waals surface area contributed by atoms with Gasteiger partial charge in [0.1, 0.15) is 17.2 Å². The number of rotatable bonds is 6. The highest BCUT2D eigenvalue weighted by atomic mass is 35.5. The van der Waals surface area contributed by atoms with E-state index in [0.717, 1.165) is 10.2 Å². The summed E-state index contributed by atoms with van der Waals surface area (Å²) in [5, 5.41) is 19.6. The van der Waals surface area contributed by atoms with Crippen molar-refractivity contribution in [2.75, 3.05) is 6.61 Å². The molecule has 0 aliphatic heterocycles. The van der Waals surface area contributed by atoms with E-state index < -0.39 is 10.9 Å². The minimum atomic E-state index is -0.628. The third-order valence-corrected chi connectivity index (χ3v) is 4.92. The minimum Gasteiger partial charge on any atom is -0.465 e. The maximum absolute atomic E-state index is 12.0. The summed E-state index contributed by atoms with van der Waals surface area (Å²) >= 11 is 7.35. The Balaban J connectivity index is 2.04. The number of furan rings is 1. The molecule has 0 bridgehead atoms. The number of esters is 1. The molecule has 2 aromatic heterocycles. The van der Waals surface area contributed by atoms with Crippen molar-refractivity contribution in [2.45, 2.75) is 20.4 Å². The molecule has 0 atom stereocenters. The first-order valence-corrected chi connectivity index (χ1v) is 9.36. The fourth-order valence-corrected chi connectivity index (χ4v) is 3.66. The van der Waals surface area contributed by atoms with Crippen molar-refractivity contribution in [3.05, 3.63) is 56.0 Å². The summed E-state index contributed by atoms with van der Waals surface area (Å²) in [6, 6.07) is 7.98.